The van der Waals surface area contributed by atoms with E-state index in [-0.39, 0.29) is 24.2 Å². The van der Waals surface area contributed by atoms with Crippen LogP contribution >= 0.6 is 0 Å². The van der Waals surface area contributed by atoms with Crippen molar-refractivity contribution in [2.75, 3.05) is 5.01 Å². The van der Waals surface area contributed by atoms with E-state index in [0.29, 0.717) is 25.8 Å². The molecule has 0 saturated heterocycles. The number of hydrogen-bond donors (Lipinski definition) is 3. The molecular weight excluding hydrogens is 474 g/mol. The number of hydrogen-bond acceptors (Lipinski definition) is 4. The van der Waals surface area contributed by atoms with Gasteiger partial charge in [-0.15, -0.1) is 0 Å². The van der Waals surface area contributed by atoms with Gasteiger partial charge in [-0.1, -0.05) is 6.07 Å². The van der Waals surface area contributed by atoms with Crippen LogP contribution in [0.5, 0.6) is 0 Å². The number of aliphatic hydroxyl groups is 1. The molecule has 4 aliphatic rings. The fourth-order valence-electron chi connectivity index (χ4n) is 6.47. The van der Waals surface area contributed by atoms with Crippen molar-refractivity contribution in [2.24, 2.45) is 5.92 Å². The molecule has 192 valence electrons. The summed E-state index contributed by atoms with van der Waals surface area (Å²) in [5.41, 5.74) is 3.79. The number of carbonyl (C=O) groups is 1. The lowest BCUT2D eigenvalue weighted by molar-refractivity contribution is -0.278. The lowest BCUT2D eigenvalue weighted by Gasteiger charge is -2.49. The average molecular weight is 504 g/mol. The van der Waals surface area contributed by atoms with Gasteiger partial charge in [-0.05, 0) is 104 Å². The molecule has 0 aromatic heterocycles. The van der Waals surface area contributed by atoms with Gasteiger partial charge in [0.05, 0.1) is 16.8 Å². The Morgan fingerprint density at radius 2 is 1.83 bits per heavy atom. The van der Waals surface area contributed by atoms with Gasteiger partial charge in [-0.2, -0.15) is 13.2 Å². The van der Waals surface area contributed by atoms with Gasteiger partial charge in [0.1, 0.15) is 5.82 Å². The monoisotopic (exact) mass is 503 g/mol. The van der Waals surface area contributed by atoms with Crippen LogP contribution < -0.4 is 15.8 Å². The number of fused-ring (bicyclic) bond motifs is 4. The number of aryl methyl sites for hydroxylation is 1. The summed E-state index contributed by atoms with van der Waals surface area (Å²) in [6.07, 6.45) is -2.28. The van der Waals surface area contributed by atoms with Crippen LogP contribution in [-0.2, 0) is 23.2 Å². The van der Waals surface area contributed by atoms with Gasteiger partial charge in [0, 0.05) is 12.6 Å². The van der Waals surface area contributed by atoms with Gasteiger partial charge < -0.3 is 10.4 Å². The van der Waals surface area contributed by atoms with Gasteiger partial charge in [0.25, 0.3) is 0 Å². The fraction of sp³-hybridized carbons (Fsp3) is 0.519. The number of nitrogens with zero attached hydrogens (tertiary/aromatic N) is 1. The molecule has 0 spiro atoms. The number of amides is 1. The second kappa shape index (κ2) is 8.18. The minimum atomic E-state index is -4.74. The van der Waals surface area contributed by atoms with Crippen LogP contribution in [-0.4, -0.2) is 28.8 Å². The van der Waals surface area contributed by atoms with Crippen LogP contribution in [0.4, 0.5) is 28.9 Å². The third-order valence-electron chi connectivity index (χ3n) is 8.60. The molecule has 1 heterocycles. The molecule has 1 amide bonds. The summed E-state index contributed by atoms with van der Waals surface area (Å²) in [6.45, 7) is 0.484. The van der Waals surface area contributed by atoms with Crippen molar-refractivity contribution in [1.82, 2.24) is 10.7 Å². The maximum absolute atomic E-state index is 13.9. The highest BCUT2D eigenvalue weighted by atomic mass is 19.4. The summed E-state index contributed by atoms with van der Waals surface area (Å²) >= 11 is 0. The molecule has 3 atom stereocenters. The predicted molar refractivity (Wildman–Crippen MR) is 126 cm³/mol. The maximum Gasteiger partial charge on any atom is 0.417 e. The molecule has 2 aromatic rings. The van der Waals surface area contributed by atoms with Crippen LogP contribution in [0.3, 0.4) is 0 Å². The molecular formula is C27H29F4N3O2. The minimum absolute atomic E-state index is 0.0485. The van der Waals surface area contributed by atoms with Crippen LogP contribution in [0.15, 0.2) is 36.4 Å². The van der Waals surface area contributed by atoms with E-state index in [1.165, 1.54) is 12.1 Å². The summed E-state index contributed by atoms with van der Waals surface area (Å²) in [5, 5.41) is 15.6. The molecule has 36 heavy (non-hydrogen) atoms. The molecule has 5 nitrogen and oxygen atoms in total. The zero-order valence-corrected chi connectivity index (χ0v) is 19.8. The van der Waals surface area contributed by atoms with E-state index in [1.54, 1.807) is 12.1 Å². The summed E-state index contributed by atoms with van der Waals surface area (Å²) in [7, 11) is 0. The number of nitrogens with one attached hydrogen (secondary N) is 2. The van der Waals surface area contributed by atoms with E-state index in [4.69, 9.17) is 0 Å². The Kier molecular flexibility index (Phi) is 5.39. The molecule has 2 aromatic carbocycles. The molecule has 2 fully saturated rings. The first kappa shape index (κ1) is 23.7. The quantitative estimate of drug-likeness (QED) is 0.520. The topological polar surface area (TPSA) is 64.6 Å². The molecule has 3 N–H and O–H groups in total. The average Bonchev–Trinajstić information content (AvgIpc) is 3.58. The van der Waals surface area contributed by atoms with Gasteiger partial charge in [0.2, 0.25) is 5.91 Å². The van der Waals surface area contributed by atoms with Gasteiger partial charge in [-0.25, -0.2) is 9.82 Å². The van der Waals surface area contributed by atoms with E-state index >= 15 is 0 Å². The van der Waals surface area contributed by atoms with Crippen molar-refractivity contribution in [3.63, 3.8) is 0 Å². The summed E-state index contributed by atoms with van der Waals surface area (Å²) in [6, 6.07) is 10.3. The Balaban J connectivity index is 1.44. The van der Waals surface area contributed by atoms with Crippen molar-refractivity contribution >= 4 is 17.3 Å². The number of carbonyl (C=O) groups excluding carboxylic acids is 1. The second-order valence-corrected chi connectivity index (χ2v) is 10.8. The summed E-state index contributed by atoms with van der Waals surface area (Å²) in [4.78, 5) is 13.9. The lowest BCUT2D eigenvalue weighted by Crippen LogP contribution is -2.59. The van der Waals surface area contributed by atoms with Crippen molar-refractivity contribution in [2.45, 2.75) is 81.1 Å². The Bertz CT molecular complexity index is 1200. The van der Waals surface area contributed by atoms with Gasteiger partial charge >= 0.3 is 6.18 Å². The Morgan fingerprint density at radius 3 is 2.53 bits per heavy atom. The van der Waals surface area contributed by atoms with Crippen LogP contribution in [0.2, 0.25) is 0 Å². The Labute approximate surface area is 206 Å². The fourth-order valence-corrected chi connectivity index (χ4v) is 6.47. The Hall–Kier alpha value is -2.65. The highest BCUT2D eigenvalue weighted by Gasteiger charge is 2.63. The summed E-state index contributed by atoms with van der Waals surface area (Å²) in [5.74, 6) is -1.15. The highest BCUT2D eigenvalue weighted by Crippen LogP contribution is 2.56. The first-order valence-corrected chi connectivity index (χ1v) is 12.7. The van der Waals surface area contributed by atoms with Crippen LogP contribution in [0.1, 0.15) is 61.6 Å². The van der Waals surface area contributed by atoms with Gasteiger partial charge in [-0.3, -0.25) is 9.80 Å². The zero-order valence-electron chi connectivity index (χ0n) is 19.8. The van der Waals surface area contributed by atoms with Crippen molar-refractivity contribution in [3.05, 3.63) is 58.9 Å². The SMILES string of the molecule is O=C(NC1CC1)[C@@]12CC[C@](O)(C(F)(F)F)C[C@H]1CCCc1cc3c(cc12)CNN3c1ccc(F)cc1. The molecule has 0 bridgehead atoms. The molecule has 2 saturated carbocycles. The summed E-state index contributed by atoms with van der Waals surface area (Å²) < 4.78 is 55.0. The normalized spacial score (nSPS) is 29.7. The van der Waals surface area contributed by atoms with Crippen molar-refractivity contribution in [1.29, 1.82) is 0 Å². The van der Waals surface area contributed by atoms with Crippen molar-refractivity contribution < 1.29 is 27.5 Å². The van der Waals surface area contributed by atoms with Crippen molar-refractivity contribution in [3.8, 4) is 0 Å². The molecule has 3 aliphatic carbocycles. The number of hydrazine groups is 1. The molecule has 6 rings (SSSR count). The number of anilines is 2. The second-order valence-electron chi connectivity index (χ2n) is 10.8. The van der Waals surface area contributed by atoms with E-state index in [9.17, 15) is 27.5 Å². The number of alkyl halides is 3. The first-order valence-electron chi connectivity index (χ1n) is 12.7. The van der Waals surface area contributed by atoms with Crippen LogP contribution in [0, 0.1) is 11.7 Å². The predicted octanol–water partition coefficient (Wildman–Crippen LogP) is 4.93. The third kappa shape index (κ3) is 3.70. The smallest absolute Gasteiger partial charge is 0.380 e. The molecule has 0 radical (unpaired) electrons. The molecule has 0 unspecified atom stereocenters. The lowest BCUT2D eigenvalue weighted by atomic mass is 9.57. The molecule has 1 aliphatic heterocycles. The van der Waals surface area contributed by atoms with E-state index in [1.807, 2.05) is 17.1 Å². The zero-order chi connectivity index (χ0) is 25.3. The van der Waals surface area contributed by atoms with Gasteiger partial charge in [0.15, 0.2) is 5.60 Å². The first-order chi connectivity index (χ1) is 17.1. The Morgan fingerprint density at radius 1 is 1.08 bits per heavy atom. The maximum atomic E-state index is 13.9. The highest BCUT2D eigenvalue weighted by molar-refractivity contribution is 5.90. The largest absolute Gasteiger partial charge is 0.417 e. The van der Waals surface area contributed by atoms with E-state index < -0.39 is 36.0 Å². The number of halogens is 4. The van der Waals surface area contributed by atoms with E-state index in [0.717, 1.165) is 40.9 Å². The van der Waals surface area contributed by atoms with Crippen LogP contribution in [0.25, 0.3) is 0 Å². The number of rotatable bonds is 3. The number of benzene rings is 2. The minimum Gasteiger partial charge on any atom is -0.380 e. The molecule has 9 heteroatoms. The third-order valence-corrected chi connectivity index (χ3v) is 8.60. The standard InChI is InChI=1S/C27H29F4N3O2/c28-19-4-8-21(9-5-19)34-23-13-16-2-1-3-18-14-25(36,27(29,30)31)10-11-26(18,24(35)33-20-6-7-20)22(16)12-17(23)15-32-34/h4-5,8-9,12-13,18,20,32,36H,1-3,6-7,10-11,14-15H2,(H,33,35)/t18-,25-,26+/m1/s1. The van der Waals surface area contributed by atoms with E-state index in [2.05, 4.69) is 10.7 Å².